The molecule has 0 radical (unpaired) electrons. The Hall–Kier alpha value is -0.360. The van der Waals surface area contributed by atoms with E-state index < -0.39 is 0 Å². The first-order chi connectivity index (χ1) is 9.24. The van der Waals surface area contributed by atoms with Gasteiger partial charge in [0.2, 0.25) is 5.91 Å². The van der Waals surface area contributed by atoms with Gasteiger partial charge in [-0.2, -0.15) is 0 Å². The highest BCUT2D eigenvalue weighted by Crippen LogP contribution is 2.21. The summed E-state index contributed by atoms with van der Waals surface area (Å²) in [6, 6.07) is 1.15. The molecule has 0 aromatic carbocycles. The monoisotopic (exact) mass is 351 g/mol. The zero-order valence-corrected chi connectivity index (χ0v) is 14.7. The first-order valence-electron chi connectivity index (χ1n) is 7.21. The van der Waals surface area contributed by atoms with E-state index in [-0.39, 0.29) is 30.7 Å². The van der Waals surface area contributed by atoms with Crippen LogP contribution in [0.15, 0.2) is 5.38 Å². The zero-order chi connectivity index (χ0) is 13.2. The number of carbonyl (C=O) groups is 1. The lowest BCUT2D eigenvalue weighted by Crippen LogP contribution is -2.39. The van der Waals surface area contributed by atoms with Crippen LogP contribution in [0, 0.1) is 0 Å². The Morgan fingerprint density at radius 3 is 2.86 bits per heavy atom. The van der Waals surface area contributed by atoms with Gasteiger partial charge in [-0.15, -0.1) is 36.2 Å². The van der Waals surface area contributed by atoms with Crippen LogP contribution >= 0.6 is 36.2 Å². The number of aromatic nitrogens is 1. The van der Waals surface area contributed by atoms with Crippen molar-refractivity contribution in [2.24, 2.45) is 0 Å². The molecule has 1 aromatic heterocycles. The number of thiazole rings is 1. The van der Waals surface area contributed by atoms with Crippen molar-refractivity contribution >= 4 is 42.1 Å². The molecule has 1 aromatic rings. The summed E-state index contributed by atoms with van der Waals surface area (Å²) in [6.07, 6.45) is 5.01. The fourth-order valence-electron chi connectivity index (χ4n) is 3.03. The highest BCUT2D eigenvalue weighted by Gasteiger charge is 2.31. The van der Waals surface area contributed by atoms with Crippen LogP contribution in [0.1, 0.15) is 36.9 Å². The summed E-state index contributed by atoms with van der Waals surface area (Å²) in [4.78, 5) is 18.9. The molecule has 1 N–H and O–H groups in total. The predicted molar refractivity (Wildman–Crippen MR) is 90.8 cm³/mol. The van der Waals surface area contributed by atoms with Crippen LogP contribution in [0.4, 0.5) is 0 Å². The average molecular weight is 352 g/mol. The summed E-state index contributed by atoms with van der Waals surface area (Å²) in [5.41, 5.74) is 0.939. The molecule has 2 aliphatic rings. The fraction of sp³-hybridized carbons (Fsp3) is 0.714. The van der Waals surface area contributed by atoms with Crippen molar-refractivity contribution in [3.63, 3.8) is 0 Å². The van der Waals surface area contributed by atoms with E-state index in [0.717, 1.165) is 36.6 Å². The van der Waals surface area contributed by atoms with Crippen LogP contribution in [-0.2, 0) is 17.6 Å². The molecule has 2 saturated heterocycles. The van der Waals surface area contributed by atoms with Gasteiger partial charge in [0.05, 0.1) is 17.1 Å². The largest absolute Gasteiger partial charge is 0.341 e. The molecule has 21 heavy (non-hydrogen) atoms. The summed E-state index contributed by atoms with van der Waals surface area (Å²) >= 11 is 1.66. The summed E-state index contributed by atoms with van der Waals surface area (Å²) in [7, 11) is 0. The Morgan fingerprint density at radius 2 is 2.14 bits per heavy atom. The second-order valence-corrected chi connectivity index (χ2v) is 6.47. The van der Waals surface area contributed by atoms with Crippen LogP contribution in [0.3, 0.4) is 0 Å². The maximum atomic E-state index is 12.4. The number of amides is 1. The van der Waals surface area contributed by atoms with Gasteiger partial charge >= 0.3 is 0 Å². The highest BCUT2D eigenvalue weighted by molar-refractivity contribution is 7.09. The number of hydrogen-bond donors (Lipinski definition) is 1. The van der Waals surface area contributed by atoms with E-state index in [2.05, 4.69) is 17.2 Å². The molecule has 1 amide bonds. The van der Waals surface area contributed by atoms with Gasteiger partial charge in [0.15, 0.2) is 0 Å². The van der Waals surface area contributed by atoms with Crippen molar-refractivity contribution in [1.29, 1.82) is 0 Å². The van der Waals surface area contributed by atoms with Gasteiger partial charge in [0, 0.05) is 30.6 Å². The number of nitrogens with zero attached hydrogens (tertiary/aromatic N) is 2. The second kappa shape index (κ2) is 8.32. The van der Waals surface area contributed by atoms with Crippen molar-refractivity contribution in [2.45, 2.75) is 51.1 Å². The molecule has 2 bridgehead atoms. The van der Waals surface area contributed by atoms with Crippen molar-refractivity contribution in [3.8, 4) is 0 Å². The van der Waals surface area contributed by atoms with Crippen molar-refractivity contribution in [2.75, 3.05) is 13.1 Å². The minimum absolute atomic E-state index is 0. The van der Waals surface area contributed by atoms with Gasteiger partial charge < -0.3 is 10.2 Å². The van der Waals surface area contributed by atoms with E-state index in [4.69, 9.17) is 0 Å². The molecule has 2 fully saturated rings. The van der Waals surface area contributed by atoms with E-state index in [1.54, 1.807) is 11.3 Å². The van der Waals surface area contributed by atoms with E-state index in [9.17, 15) is 4.79 Å². The smallest absolute Gasteiger partial charge is 0.228 e. The van der Waals surface area contributed by atoms with Gasteiger partial charge in [-0.05, 0) is 25.7 Å². The number of carbonyl (C=O) groups excluding carboxylic acids is 1. The SMILES string of the molecule is CCc1nc(CC(=O)N2CCC3CCC(C2)N3)cs1.Cl.Cl. The zero-order valence-electron chi connectivity index (χ0n) is 12.2. The molecule has 0 saturated carbocycles. The third-order valence-electron chi connectivity index (χ3n) is 4.11. The number of likely N-dealkylation sites (tertiary alicyclic amines) is 1. The van der Waals surface area contributed by atoms with E-state index in [1.165, 1.54) is 12.8 Å². The first-order valence-corrected chi connectivity index (χ1v) is 8.09. The lowest BCUT2D eigenvalue weighted by molar-refractivity contribution is -0.130. The van der Waals surface area contributed by atoms with E-state index >= 15 is 0 Å². The predicted octanol–water partition coefficient (Wildman–Crippen LogP) is 2.44. The molecule has 2 aliphatic heterocycles. The molecule has 120 valence electrons. The molecule has 7 heteroatoms. The van der Waals surface area contributed by atoms with Crippen LogP contribution < -0.4 is 5.32 Å². The topological polar surface area (TPSA) is 45.2 Å². The Morgan fingerprint density at radius 1 is 1.38 bits per heavy atom. The van der Waals surface area contributed by atoms with Crippen LogP contribution in [-0.4, -0.2) is 41.0 Å². The van der Waals surface area contributed by atoms with Gasteiger partial charge in [0.1, 0.15) is 0 Å². The average Bonchev–Trinajstić information content (AvgIpc) is 2.96. The van der Waals surface area contributed by atoms with Gasteiger partial charge in [-0.1, -0.05) is 6.92 Å². The summed E-state index contributed by atoms with van der Waals surface area (Å²) < 4.78 is 0. The first kappa shape index (κ1) is 18.7. The number of hydrogen-bond acceptors (Lipinski definition) is 4. The molecular weight excluding hydrogens is 329 g/mol. The van der Waals surface area contributed by atoms with E-state index in [0.29, 0.717) is 18.5 Å². The summed E-state index contributed by atoms with van der Waals surface area (Å²) in [5, 5.41) is 6.76. The molecule has 3 heterocycles. The summed E-state index contributed by atoms with van der Waals surface area (Å²) in [5.74, 6) is 0.238. The Kier molecular flexibility index (Phi) is 7.40. The molecule has 3 rings (SSSR count). The highest BCUT2D eigenvalue weighted by atomic mass is 35.5. The van der Waals surface area contributed by atoms with Gasteiger partial charge in [-0.25, -0.2) is 4.98 Å². The Labute approximate surface area is 142 Å². The van der Waals surface area contributed by atoms with Crippen molar-refractivity contribution in [3.05, 3.63) is 16.1 Å². The minimum atomic E-state index is 0. The lowest BCUT2D eigenvalue weighted by atomic mass is 10.1. The quantitative estimate of drug-likeness (QED) is 0.909. The molecule has 2 unspecified atom stereocenters. The van der Waals surface area contributed by atoms with Crippen LogP contribution in [0.25, 0.3) is 0 Å². The van der Waals surface area contributed by atoms with Crippen LogP contribution in [0.5, 0.6) is 0 Å². The number of aryl methyl sites for hydroxylation is 1. The maximum Gasteiger partial charge on any atom is 0.228 e. The van der Waals surface area contributed by atoms with Gasteiger partial charge in [0.25, 0.3) is 0 Å². The van der Waals surface area contributed by atoms with Crippen molar-refractivity contribution < 1.29 is 4.79 Å². The molecule has 0 spiro atoms. The lowest BCUT2D eigenvalue weighted by Gasteiger charge is -2.24. The Balaban J connectivity index is 0.00000110. The standard InChI is InChI=1S/C14H21N3OS.2ClH/c1-2-13-16-12(9-19-13)7-14(18)17-6-5-10-3-4-11(8-17)15-10;;/h9-11,15H,2-8H2,1H3;2*1H. The number of rotatable bonds is 3. The van der Waals surface area contributed by atoms with Gasteiger partial charge in [-0.3, -0.25) is 4.79 Å². The number of nitrogens with one attached hydrogen (secondary N) is 1. The molecule has 2 atom stereocenters. The van der Waals surface area contributed by atoms with E-state index in [1.807, 2.05) is 10.3 Å². The normalized spacial score (nSPS) is 24.0. The third kappa shape index (κ3) is 4.55. The molecular formula is C14H23Cl2N3OS. The summed E-state index contributed by atoms with van der Waals surface area (Å²) in [6.45, 7) is 3.87. The molecule has 0 aliphatic carbocycles. The molecule has 4 nitrogen and oxygen atoms in total. The number of halogens is 2. The van der Waals surface area contributed by atoms with Crippen molar-refractivity contribution in [1.82, 2.24) is 15.2 Å². The maximum absolute atomic E-state index is 12.4. The van der Waals surface area contributed by atoms with Crippen LogP contribution in [0.2, 0.25) is 0 Å². The second-order valence-electron chi connectivity index (χ2n) is 5.53. The minimum Gasteiger partial charge on any atom is -0.341 e. The third-order valence-corrected chi connectivity index (χ3v) is 5.15. The number of fused-ring (bicyclic) bond motifs is 2. The fourth-order valence-corrected chi connectivity index (χ4v) is 3.77. The Bertz CT molecular complexity index is 469.